The number of anilines is 1. The number of para-hydroxylation sites is 1. The average molecular weight is 343 g/mol. The molecule has 0 spiro atoms. The Kier molecular flexibility index (Phi) is 4.63. The molecule has 3 rings (SSSR count). The molecule has 1 amide bonds. The van der Waals surface area contributed by atoms with Crippen molar-refractivity contribution in [1.29, 1.82) is 0 Å². The molecule has 0 aliphatic rings. The van der Waals surface area contributed by atoms with Crippen LogP contribution in [0.3, 0.4) is 0 Å². The zero-order valence-corrected chi connectivity index (χ0v) is 14.8. The predicted octanol–water partition coefficient (Wildman–Crippen LogP) is 4.43. The minimum absolute atomic E-state index is 0.0568. The molecule has 4 nitrogen and oxygen atoms in total. The smallest absolute Gasteiger partial charge is 0.239 e. The van der Waals surface area contributed by atoms with E-state index in [1.807, 2.05) is 57.2 Å². The molecule has 0 aliphatic heterocycles. The number of thioether (sulfide) groups is 1. The standard InChI is InChI=1S/C17H17N3OS2/c1-10-11(2)23-17(18-10)20-16(21)12(3)22-15-9-8-13-6-4-5-7-14(13)19-15/h4-9,12H,1-3H3,(H,18,20,21). The van der Waals surface area contributed by atoms with Gasteiger partial charge in [-0.05, 0) is 32.9 Å². The van der Waals surface area contributed by atoms with Crippen molar-refractivity contribution in [2.45, 2.75) is 31.0 Å². The van der Waals surface area contributed by atoms with Gasteiger partial charge in [0.2, 0.25) is 5.91 Å². The summed E-state index contributed by atoms with van der Waals surface area (Å²) in [6, 6.07) is 11.9. The number of aromatic nitrogens is 2. The van der Waals surface area contributed by atoms with Crippen LogP contribution in [0.15, 0.2) is 41.4 Å². The molecule has 0 radical (unpaired) electrons. The summed E-state index contributed by atoms with van der Waals surface area (Å²) in [4.78, 5) is 22.4. The molecule has 0 bridgehead atoms. The second-order valence-electron chi connectivity index (χ2n) is 5.25. The van der Waals surface area contributed by atoms with Gasteiger partial charge in [0.25, 0.3) is 0 Å². The molecule has 2 heterocycles. The number of nitrogens with zero attached hydrogens (tertiary/aromatic N) is 2. The minimum atomic E-state index is -0.242. The number of amides is 1. The van der Waals surface area contributed by atoms with Gasteiger partial charge in [-0.2, -0.15) is 0 Å². The van der Waals surface area contributed by atoms with E-state index in [1.54, 1.807) is 0 Å². The highest BCUT2D eigenvalue weighted by molar-refractivity contribution is 8.00. The molecule has 1 aromatic carbocycles. The van der Waals surface area contributed by atoms with Gasteiger partial charge in [0, 0.05) is 10.3 Å². The van der Waals surface area contributed by atoms with Crippen LogP contribution < -0.4 is 5.32 Å². The Morgan fingerprint density at radius 1 is 1.17 bits per heavy atom. The first-order chi connectivity index (χ1) is 11.0. The fourth-order valence-corrected chi connectivity index (χ4v) is 3.72. The number of fused-ring (bicyclic) bond motifs is 1. The summed E-state index contributed by atoms with van der Waals surface area (Å²) in [6.45, 7) is 5.82. The van der Waals surface area contributed by atoms with Gasteiger partial charge in [-0.25, -0.2) is 9.97 Å². The van der Waals surface area contributed by atoms with Gasteiger partial charge >= 0.3 is 0 Å². The molecule has 1 N–H and O–H groups in total. The van der Waals surface area contributed by atoms with Crippen molar-refractivity contribution in [2.24, 2.45) is 0 Å². The fourth-order valence-electron chi connectivity index (χ4n) is 2.08. The van der Waals surface area contributed by atoms with Crippen LogP contribution >= 0.6 is 23.1 Å². The molecule has 1 atom stereocenters. The maximum absolute atomic E-state index is 12.3. The molecular formula is C17H17N3OS2. The lowest BCUT2D eigenvalue weighted by Gasteiger charge is -2.10. The molecule has 0 saturated heterocycles. The number of hydrogen-bond acceptors (Lipinski definition) is 5. The molecule has 0 aliphatic carbocycles. The molecule has 3 aromatic rings. The molecule has 2 aromatic heterocycles. The van der Waals surface area contributed by atoms with Crippen molar-refractivity contribution in [3.8, 4) is 0 Å². The summed E-state index contributed by atoms with van der Waals surface area (Å²) in [7, 11) is 0. The third-order valence-electron chi connectivity index (χ3n) is 3.50. The van der Waals surface area contributed by atoms with E-state index in [0.29, 0.717) is 5.13 Å². The van der Waals surface area contributed by atoms with Crippen LogP contribution in [-0.2, 0) is 4.79 Å². The van der Waals surface area contributed by atoms with Crippen LogP contribution in [0.1, 0.15) is 17.5 Å². The maximum atomic E-state index is 12.3. The van der Waals surface area contributed by atoms with Gasteiger partial charge in [0.05, 0.1) is 21.5 Å². The quantitative estimate of drug-likeness (QED) is 0.712. The van der Waals surface area contributed by atoms with Gasteiger partial charge in [-0.3, -0.25) is 4.79 Å². The molecule has 0 saturated carbocycles. The van der Waals surface area contributed by atoms with Gasteiger partial charge in [0.1, 0.15) is 0 Å². The summed E-state index contributed by atoms with van der Waals surface area (Å²) in [5, 5.41) is 5.24. The van der Waals surface area contributed by atoms with E-state index in [-0.39, 0.29) is 11.2 Å². The Morgan fingerprint density at radius 3 is 2.70 bits per heavy atom. The van der Waals surface area contributed by atoms with Crippen molar-refractivity contribution >= 4 is 45.0 Å². The highest BCUT2D eigenvalue weighted by atomic mass is 32.2. The van der Waals surface area contributed by atoms with Gasteiger partial charge in [-0.15, -0.1) is 11.3 Å². The van der Waals surface area contributed by atoms with Crippen molar-refractivity contribution in [1.82, 2.24) is 9.97 Å². The lowest BCUT2D eigenvalue weighted by molar-refractivity contribution is -0.115. The highest BCUT2D eigenvalue weighted by Crippen LogP contribution is 2.26. The van der Waals surface area contributed by atoms with E-state index in [2.05, 4.69) is 15.3 Å². The third kappa shape index (κ3) is 3.71. The molecule has 1 unspecified atom stereocenters. The Balaban J connectivity index is 1.69. The molecule has 0 fully saturated rings. The number of carbonyl (C=O) groups excluding carboxylic acids is 1. The van der Waals surface area contributed by atoms with Crippen molar-refractivity contribution in [2.75, 3.05) is 5.32 Å². The summed E-state index contributed by atoms with van der Waals surface area (Å²) in [6.07, 6.45) is 0. The second kappa shape index (κ2) is 6.68. The third-order valence-corrected chi connectivity index (χ3v) is 5.52. The average Bonchev–Trinajstić information content (AvgIpc) is 2.85. The maximum Gasteiger partial charge on any atom is 0.239 e. The summed E-state index contributed by atoms with van der Waals surface area (Å²) < 4.78 is 0. The van der Waals surface area contributed by atoms with Crippen LogP contribution in [0.25, 0.3) is 10.9 Å². The number of nitrogens with one attached hydrogen (secondary N) is 1. The Morgan fingerprint density at radius 2 is 1.96 bits per heavy atom. The van der Waals surface area contributed by atoms with Crippen molar-refractivity contribution < 1.29 is 4.79 Å². The normalized spacial score (nSPS) is 12.3. The monoisotopic (exact) mass is 343 g/mol. The van der Waals surface area contributed by atoms with Crippen molar-refractivity contribution in [3.63, 3.8) is 0 Å². The second-order valence-corrected chi connectivity index (χ2v) is 7.82. The lowest BCUT2D eigenvalue weighted by atomic mass is 10.2. The van der Waals surface area contributed by atoms with Crippen LogP contribution in [-0.4, -0.2) is 21.1 Å². The van der Waals surface area contributed by atoms with Gasteiger partial charge in [0.15, 0.2) is 5.13 Å². The summed E-state index contributed by atoms with van der Waals surface area (Å²) in [5.41, 5.74) is 1.90. The number of aryl methyl sites for hydroxylation is 2. The first kappa shape index (κ1) is 16.0. The molecular weight excluding hydrogens is 326 g/mol. The minimum Gasteiger partial charge on any atom is -0.301 e. The van der Waals surface area contributed by atoms with Gasteiger partial charge < -0.3 is 5.32 Å². The largest absolute Gasteiger partial charge is 0.301 e. The van der Waals surface area contributed by atoms with E-state index in [0.717, 1.165) is 26.5 Å². The molecule has 6 heteroatoms. The topological polar surface area (TPSA) is 54.9 Å². The SMILES string of the molecule is Cc1nc(NC(=O)C(C)Sc2ccc3ccccc3n2)sc1C. The lowest BCUT2D eigenvalue weighted by Crippen LogP contribution is -2.22. The predicted molar refractivity (Wildman–Crippen MR) is 97.3 cm³/mol. The van der Waals surface area contributed by atoms with Crippen LogP contribution in [0.2, 0.25) is 0 Å². The van der Waals surface area contributed by atoms with Crippen LogP contribution in [0, 0.1) is 13.8 Å². The zero-order chi connectivity index (χ0) is 16.4. The number of rotatable bonds is 4. The van der Waals surface area contributed by atoms with Crippen LogP contribution in [0.5, 0.6) is 0 Å². The Hall–Kier alpha value is -1.92. The first-order valence-electron chi connectivity index (χ1n) is 7.30. The number of thiazole rings is 1. The zero-order valence-electron chi connectivity index (χ0n) is 13.2. The van der Waals surface area contributed by atoms with E-state index in [9.17, 15) is 4.79 Å². The highest BCUT2D eigenvalue weighted by Gasteiger charge is 2.17. The van der Waals surface area contributed by atoms with Crippen molar-refractivity contribution in [3.05, 3.63) is 47.0 Å². The summed E-state index contributed by atoms with van der Waals surface area (Å²) in [5.74, 6) is -0.0568. The Labute approximate surface area is 143 Å². The number of pyridine rings is 1. The fraction of sp³-hybridized carbons (Fsp3) is 0.235. The Bertz CT molecular complexity index is 840. The molecule has 23 heavy (non-hydrogen) atoms. The van der Waals surface area contributed by atoms with E-state index in [1.165, 1.54) is 23.1 Å². The van der Waals surface area contributed by atoms with Gasteiger partial charge in [-0.1, -0.05) is 36.0 Å². The van der Waals surface area contributed by atoms with Crippen LogP contribution in [0.4, 0.5) is 5.13 Å². The number of carbonyl (C=O) groups is 1. The van der Waals surface area contributed by atoms with E-state index in [4.69, 9.17) is 0 Å². The summed E-state index contributed by atoms with van der Waals surface area (Å²) >= 11 is 2.95. The molecule has 118 valence electrons. The first-order valence-corrected chi connectivity index (χ1v) is 9.00. The van der Waals surface area contributed by atoms with E-state index < -0.39 is 0 Å². The van der Waals surface area contributed by atoms with E-state index >= 15 is 0 Å². The number of benzene rings is 1. The number of hydrogen-bond donors (Lipinski definition) is 1.